The van der Waals surface area contributed by atoms with Crippen LogP contribution in [0.5, 0.6) is 0 Å². The number of halogens is 3. The van der Waals surface area contributed by atoms with Crippen LogP contribution >= 0.6 is 11.6 Å². The van der Waals surface area contributed by atoms with E-state index in [1.807, 2.05) is 0 Å². The summed E-state index contributed by atoms with van der Waals surface area (Å²) >= 11 is 5.72. The summed E-state index contributed by atoms with van der Waals surface area (Å²) in [5, 5.41) is 5.18. The predicted octanol–water partition coefficient (Wildman–Crippen LogP) is 3.38. The Bertz CT molecular complexity index is 700. The third-order valence-electron chi connectivity index (χ3n) is 2.97. The fourth-order valence-corrected chi connectivity index (χ4v) is 1.94. The Morgan fingerprint density at radius 3 is 2.22 bits per heavy atom. The highest BCUT2D eigenvalue weighted by Gasteiger charge is 2.12. The van der Waals surface area contributed by atoms with E-state index in [-0.39, 0.29) is 18.9 Å². The minimum absolute atomic E-state index is 0.0311. The Balaban J connectivity index is 1.83. The molecule has 0 fully saturated rings. The average Bonchev–Trinajstić information content (AvgIpc) is 2.51. The first-order valence-corrected chi connectivity index (χ1v) is 7.13. The van der Waals surface area contributed by atoms with Crippen molar-refractivity contribution >= 4 is 29.1 Å². The van der Waals surface area contributed by atoms with E-state index < -0.39 is 23.2 Å². The quantitative estimate of drug-likeness (QED) is 0.878. The standard InChI is InChI=1S/C16H13ClF2N2O2/c17-11-6-4-10(5-7-11)16(23)20-9-8-14(22)21-15-12(18)2-1-3-13(15)19/h1-7H,8-9H2,(H,20,23)(H,21,22). The highest BCUT2D eigenvalue weighted by molar-refractivity contribution is 6.30. The number of nitrogens with one attached hydrogen (secondary N) is 2. The van der Waals surface area contributed by atoms with E-state index >= 15 is 0 Å². The van der Waals surface area contributed by atoms with Crippen LogP contribution in [-0.4, -0.2) is 18.4 Å². The summed E-state index contributed by atoms with van der Waals surface area (Å²) in [6, 6.07) is 9.53. The van der Waals surface area contributed by atoms with Crippen LogP contribution in [0, 0.1) is 11.6 Å². The van der Waals surface area contributed by atoms with Gasteiger partial charge in [0, 0.05) is 23.6 Å². The molecular weight excluding hydrogens is 326 g/mol. The van der Waals surface area contributed by atoms with Crippen LogP contribution in [0.2, 0.25) is 5.02 Å². The predicted molar refractivity (Wildman–Crippen MR) is 83.4 cm³/mol. The van der Waals surface area contributed by atoms with Crippen LogP contribution in [0.1, 0.15) is 16.8 Å². The number of benzene rings is 2. The molecule has 2 amide bonds. The van der Waals surface area contributed by atoms with Crippen molar-refractivity contribution in [3.63, 3.8) is 0 Å². The van der Waals surface area contributed by atoms with Crippen molar-refractivity contribution in [1.82, 2.24) is 5.32 Å². The fraction of sp³-hybridized carbons (Fsp3) is 0.125. The molecule has 2 rings (SSSR count). The van der Waals surface area contributed by atoms with Crippen molar-refractivity contribution in [1.29, 1.82) is 0 Å². The number of anilines is 1. The van der Waals surface area contributed by atoms with Gasteiger partial charge in [-0.15, -0.1) is 0 Å². The molecule has 23 heavy (non-hydrogen) atoms. The molecule has 0 saturated carbocycles. The van der Waals surface area contributed by atoms with Crippen LogP contribution in [0.4, 0.5) is 14.5 Å². The molecule has 0 aliphatic rings. The molecule has 0 aromatic heterocycles. The van der Waals surface area contributed by atoms with E-state index in [4.69, 9.17) is 11.6 Å². The average molecular weight is 339 g/mol. The molecule has 0 radical (unpaired) electrons. The molecule has 4 nitrogen and oxygen atoms in total. The molecule has 0 unspecified atom stereocenters. The van der Waals surface area contributed by atoms with Crippen LogP contribution in [0.3, 0.4) is 0 Å². The first kappa shape index (κ1) is 16.9. The number of rotatable bonds is 5. The monoisotopic (exact) mass is 338 g/mol. The zero-order valence-electron chi connectivity index (χ0n) is 11.9. The molecule has 0 aliphatic heterocycles. The molecule has 0 aliphatic carbocycles. The van der Waals surface area contributed by atoms with E-state index in [9.17, 15) is 18.4 Å². The number of carbonyl (C=O) groups is 2. The van der Waals surface area contributed by atoms with Gasteiger partial charge in [0.1, 0.15) is 17.3 Å². The van der Waals surface area contributed by atoms with Gasteiger partial charge in [0.2, 0.25) is 5.91 Å². The van der Waals surface area contributed by atoms with E-state index in [2.05, 4.69) is 10.6 Å². The second kappa shape index (κ2) is 7.69. The molecule has 2 aromatic rings. The summed E-state index contributed by atoms with van der Waals surface area (Å²) in [4.78, 5) is 23.5. The van der Waals surface area contributed by atoms with Gasteiger partial charge in [-0.1, -0.05) is 17.7 Å². The summed E-state index contributed by atoms with van der Waals surface area (Å²) in [5.41, 5.74) is -0.100. The topological polar surface area (TPSA) is 58.2 Å². The molecule has 120 valence electrons. The lowest BCUT2D eigenvalue weighted by Gasteiger charge is -2.08. The van der Waals surface area contributed by atoms with E-state index in [0.29, 0.717) is 10.6 Å². The van der Waals surface area contributed by atoms with E-state index in [1.54, 1.807) is 24.3 Å². The lowest BCUT2D eigenvalue weighted by Crippen LogP contribution is -2.27. The van der Waals surface area contributed by atoms with Crippen molar-refractivity contribution in [3.05, 3.63) is 64.7 Å². The maximum absolute atomic E-state index is 13.4. The Kier molecular flexibility index (Phi) is 5.65. The summed E-state index contributed by atoms with van der Waals surface area (Å²) < 4.78 is 26.8. The lowest BCUT2D eigenvalue weighted by molar-refractivity contribution is -0.116. The minimum atomic E-state index is -0.858. The summed E-state index contributed by atoms with van der Waals surface area (Å²) in [6.45, 7) is 0.0311. The highest BCUT2D eigenvalue weighted by atomic mass is 35.5. The first-order valence-electron chi connectivity index (χ1n) is 6.75. The lowest BCUT2D eigenvalue weighted by atomic mass is 10.2. The van der Waals surface area contributed by atoms with Gasteiger partial charge in [-0.05, 0) is 36.4 Å². The van der Waals surface area contributed by atoms with Gasteiger partial charge in [0.25, 0.3) is 5.91 Å². The Labute approximate surface area is 136 Å². The second-order valence-corrected chi connectivity index (χ2v) is 5.09. The van der Waals surface area contributed by atoms with Gasteiger partial charge in [-0.25, -0.2) is 8.78 Å². The third kappa shape index (κ3) is 4.75. The molecule has 0 bridgehead atoms. The number of hydrogen-bond donors (Lipinski definition) is 2. The van der Waals surface area contributed by atoms with Crippen molar-refractivity contribution in [3.8, 4) is 0 Å². The van der Waals surface area contributed by atoms with Crippen LogP contribution < -0.4 is 10.6 Å². The highest BCUT2D eigenvalue weighted by Crippen LogP contribution is 2.18. The SMILES string of the molecule is O=C(CCNC(=O)c1ccc(Cl)cc1)Nc1c(F)cccc1F. The van der Waals surface area contributed by atoms with Gasteiger partial charge in [-0.3, -0.25) is 9.59 Å². The molecule has 2 aromatic carbocycles. The van der Waals surface area contributed by atoms with E-state index in [0.717, 1.165) is 12.1 Å². The molecule has 0 atom stereocenters. The van der Waals surface area contributed by atoms with Gasteiger partial charge < -0.3 is 10.6 Å². The Morgan fingerprint density at radius 2 is 1.61 bits per heavy atom. The summed E-state index contributed by atoms with van der Waals surface area (Å²) in [6.07, 6.45) is -0.118. The first-order chi connectivity index (χ1) is 11.0. The zero-order chi connectivity index (χ0) is 16.8. The van der Waals surface area contributed by atoms with Crippen molar-refractivity contribution in [2.24, 2.45) is 0 Å². The summed E-state index contributed by atoms with van der Waals surface area (Å²) in [7, 11) is 0. The molecule has 0 spiro atoms. The van der Waals surface area contributed by atoms with Crippen molar-refractivity contribution in [2.75, 3.05) is 11.9 Å². The van der Waals surface area contributed by atoms with Gasteiger partial charge >= 0.3 is 0 Å². The van der Waals surface area contributed by atoms with Crippen molar-refractivity contribution in [2.45, 2.75) is 6.42 Å². The minimum Gasteiger partial charge on any atom is -0.352 e. The zero-order valence-corrected chi connectivity index (χ0v) is 12.7. The largest absolute Gasteiger partial charge is 0.352 e. The van der Waals surface area contributed by atoms with E-state index in [1.165, 1.54) is 6.07 Å². The van der Waals surface area contributed by atoms with Crippen LogP contribution in [0.25, 0.3) is 0 Å². The molecule has 0 heterocycles. The Hall–Kier alpha value is -2.47. The number of para-hydroxylation sites is 1. The van der Waals surface area contributed by atoms with Gasteiger partial charge in [-0.2, -0.15) is 0 Å². The molecule has 7 heteroatoms. The Morgan fingerprint density at radius 1 is 1.00 bits per heavy atom. The number of carbonyl (C=O) groups excluding carboxylic acids is 2. The third-order valence-corrected chi connectivity index (χ3v) is 3.22. The second-order valence-electron chi connectivity index (χ2n) is 4.66. The van der Waals surface area contributed by atoms with Gasteiger partial charge in [0.15, 0.2) is 0 Å². The maximum Gasteiger partial charge on any atom is 0.251 e. The van der Waals surface area contributed by atoms with Gasteiger partial charge in [0.05, 0.1) is 0 Å². The fourth-order valence-electron chi connectivity index (χ4n) is 1.81. The molecular formula is C16H13ClF2N2O2. The van der Waals surface area contributed by atoms with Crippen molar-refractivity contribution < 1.29 is 18.4 Å². The number of amides is 2. The normalized spacial score (nSPS) is 10.2. The van der Waals surface area contributed by atoms with Crippen LogP contribution in [0.15, 0.2) is 42.5 Å². The summed E-state index contributed by atoms with van der Waals surface area (Å²) in [5.74, 6) is -2.69. The number of hydrogen-bond acceptors (Lipinski definition) is 2. The molecule has 0 saturated heterocycles. The molecule has 2 N–H and O–H groups in total. The smallest absolute Gasteiger partial charge is 0.251 e. The van der Waals surface area contributed by atoms with Crippen LogP contribution in [-0.2, 0) is 4.79 Å². The maximum atomic E-state index is 13.4.